The lowest BCUT2D eigenvalue weighted by molar-refractivity contribution is -0.0455. The molecule has 1 heterocycles. The topological polar surface area (TPSA) is 41.6 Å². The number of rotatable bonds is 0. The lowest BCUT2D eigenvalue weighted by atomic mass is 10.2. The standard InChI is InChI=1S/C11H20F2N2O2/c1-10(2,3)17-9(16)15-6-4-5-14-7-11(12,13)8-15/h14H,4-8H2,1-3H3. The highest BCUT2D eigenvalue weighted by molar-refractivity contribution is 5.68. The first-order valence-electron chi connectivity index (χ1n) is 5.76. The van der Waals surface area contributed by atoms with Crippen LogP contribution in [-0.2, 0) is 4.74 Å². The first-order chi connectivity index (χ1) is 7.70. The van der Waals surface area contributed by atoms with Crippen molar-refractivity contribution in [1.29, 1.82) is 0 Å². The van der Waals surface area contributed by atoms with Gasteiger partial charge in [-0.3, -0.25) is 0 Å². The van der Waals surface area contributed by atoms with Crippen LogP contribution >= 0.6 is 0 Å². The van der Waals surface area contributed by atoms with Gasteiger partial charge in [-0.05, 0) is 33.7 Å². The van der Waals surface area contributed by atoms with Gasteiger partial charge in [-0.15, -0.1) is 0 Å². The predicted molar refractivity (Wildman–Crippen MR) is 60.2 cm³/mol. The molecule has 6 heteroatoms. The predicted octanol–water partition coefficient (Wildman–Crippen LogP) is 1.85. The minimum absolute atomic E-state index is 0.289. The van der Waals surface area contributed by atoms with Gasteiger partial charge in [0.25, 0.3) is 5.92 Å². The molecule has 1 aliphatic rings. The Balaban J connectivity index is 2.63. The Labute approximate surface area is 100 Å². The number of carbonyl (C=O) groups excluding carboxylic acids is 1. The van der Waals surface area contributed by atoms with Crippen LogP contribution in [0.3, 0.4) is 0 Å². The van der Waals surface area contributed by atoms with Gasteiger partial charge in [0.2, 0.25) is 0 Å². The van der Waals surface area contributed by atoms with E-state index in [1.165, 1.54) is 0 Å². The molecule has 0 aliphatic carbocycles. The molecule has 1 rings (SSSR count). The summed E-state index contributed by atoms with van der Waals surface area (Å²) < 4.78 is 31.9. The molecule has 1 aliphatic heterocycles. The molecule has 1 fully saturated rings. The maximum absolute atomic E-state index is 13.4. The van der Waals surface area contributed by atoms with Gasteiger partial charge < -0.3 is 15.0 Å². The van der Waals surface area contributed by atoms with Crippen molar-refractivity contribution in [3.8, 4) is 0 Å². The Morgan fingerprint density at radius 3 is 2.65 bits per heavy atom. The van der Waals surface area contributed by atoms with Gasteiger partial charge in [0.05, 0.1) is 13.1 Å². The van der Waals surface area contributed by atoms with E-state index in [9.17, 15) is 13.6 Å². The average molecular weight is 250 g/mol. The molecule has 0 saturated carbocycles. The van der Waals surface area contributed by atoms with Crippen molar-refractivity contribution in [2.24, 2.45) is 0 Å². The fraction of sp³-hybridized carbons (Fsp3) is 0.909. The van der Waals surface area contributed by atoms with Crippen LogP contribution in [0.1, 0.15) is 27.2 Å². The number of carbonyl (C=O) groups is 1. The molecule has 17 heavy (non-hydrogen) atoms. The van der Waals surface area contributed by atoms with E-state index in [1.54, 1.807) is 20.8 Å². The number of hydrogen-bond acceptors (Lipinski definition) is 3. The van der Waals surface area contributed by atoms with Gasteiger partial charge in [-0.2, -0.15) is 0 Å². The number of nitrogens with zero attached hydrogens (tertiary/aromatic N) is 1. The SMILES string of the molecule is CC(C)(C)OC(=O)N1CCCNCC(F)(F)C1. The van der Waals surface area contributed by atoms with E-state index < -0.39 is 30.7 Å². The van der Waals surface area contributed by atoms with Gasteiger partial charge in [-0.25, -0.2) is 13.6 Å². The van der Waals surface area contributed by atoms with Crippen LogP contribution in [0.25, 0.3) is 0 Å². The van der Waals surface area contributed by atoms with E-state index in [0.717, 1.165) is 4.90 Å². The lowest BCUT2D eigenvalue weighted by Crippen LogP contribution is -2.50. The van der Waals surface area contributed by atoms with Crippen molar-refractivity contribution >= 4 is 6.09 Å². The fourth-order valence-corrected chi connectivity index (χ4v) is 1.56. The summed E-state index contributed by atoms with van der Waals surface area (Å²) in [5.74, 6) is -2.91. The highest BCUT2D eigenvalue weighted by Crippen LogP contribution is 2.18. The molecule has 0 aromatic rings. The third-order valence-electron chi connectivity index (χ3n) is 2.24. The minimum Gasteiger partial charge on any atom is -0.444 e. The van der Waals surface area contributed by atoms with E-state index in [0.29, 0.717) is 13.0 Å². The van der Waals surface area contributed by atoms with Crippen LogP contribution in [0.15, 0.2) is 0 Å². The zero-order valence-corrected chi connectivity index (χ0v) is 10.6. The van der Waals surface area contributed by atoms with Crippen molar-refractivity contribution in [1.82, 2.24) is 10.2 Å². The molecule has 0 aromatic carbocycles. The summed E-state index contributed by atoms with van der Waals surface area (Å²) in [7, 11) is 0. The molecule has 0 radical (unpaired) electrons. The molecule has 100 valence electrons. The smallest absolute Gasteiger partial charge is 0.410 e. The highest BCUT2D eigenvalue weighted by Gasteiger charge is 2.35. The first kappa shape index (κ1) is 14.2. The summed E-state index contributed by atoms with van der Waals surface area (Å²) in [6.45, 7) is 4.94. The molecule has 0 atom stereocenters. The lowest BCUT2D eigenvalue weighted by Gasteiger charge is -2.32. The van der Waals surface area contributed by atoms with Gasteiger partial charge in [0, 0.05) is 6.54 Å². The van der Waals surface area contributed by atoms with E-state index in [-0.39, 0.29) is 6.54 Å². The molecule has 4 nitrogen and oxygen atoms in total. The number of halogens is 2. The third-order valence-corrected chi connectivity index (χ3v) is 2.24. The monoisotopic (exact) mass is 250 g/mol. The summed E-state index contributed by atoms with van der Waals surface area (Å²) >= 11 is 0. The first-order valence-corrected chi connectivity index (χ1v) is 5.76. The summed E-state index contributed by atoms with van der Waals surface area (Å²) in [4.78, 5) is 12.8. The molecule has 0 unspecified atom stereocenters. The number of nitrogens with one attached hydrogen (secondary N) is 1. The summed E-state index contributed by atoms with van der Waals surface area (Å²) in [6, 6.07) is 0. The summed E-state index contributed by atoms with van der Waals surface area (Å²) in [6.07, 6.45) is -0.0194. The second kappa shape index (κ2) is 5.16. The Bertz CT molecular complexity index is 277. The zero-order valence-electron chi connectivity index (χ0n) is 10.6. The van der Waals surface area contributed by atoms with E-state index in [4.69, 9.17) is 4.74 Å². The molecular weight excluding hydrogens is 230 g/mol. The van der Waals surface area contributed by atoms with Crippen molar-refractivity contribution in [3.05, 3.63) is 0 Å². The van der Waals surface area contributed by atoms with Crippen LogP contribution in [-0.4, -0.2) is 48.7 Å². The van der Waals surface area contributed by atoms with Crippen LogP contribution in [0.5, 0.6) is 0 Å². The normalized spacial score (nSPS) is 21.6. The van der Waals surface area contributed by atoms with Crippen molar-refractivity contribution in [3.63, 3.8) is 0 Å². The van der Waals surface area contributed by atoms with Crippen LogP contribution in [0.4, 0.5) is 13.6 Å². The molecule has 0 aromatic heterocycles. The van der Waals surface area contributed by atoms with Gasteiger partial charge in [0.15, 0.2) is 0 Å². The Morgan fingerprint density at radius 2 is 2.06 bits per heavy atom. The second-order valence-corrected chi connectivity index (χ2v) is 5.29. The fourth-order valence-electron chi connectivity index (χ4n) is 1.56. The van der Waals surface area contributed by atoms with E-state index in [2.05, 4.69) is 5.32 Å². The van der Waals surface area contributed by atoms with Crippen molar-refractivity contribution in [2.45, 2.75) is 38.7 Å². The molecule has 1 amide bonds. The minimum atomic E-state index is -2.91. The van der Waals surface area contributed by atoms with Crippen LogP contribution in [0.2, 0.25) is 0 Å². The van der Waals surface area contributed by atoms with Gasteiger partial charge in [-0.1, -0.05) is 0 Å². The highest BCUT2D eigenvalue weighted by atomic mass is 19.3. The third kappa shape index (κ3) is 5.30. The number of hydrogen-bond donors (Lipinski definition) is 1. The molecule has 0 spiro atoms. The summed E-state index contributed by atoms with van der Waals surface area (Å²) in [5.41, 5.74) is -0.660. The maximum atomic E-state index is 13.4. The number of ether oxygens (including phenoxy) is 1. The zero-order chi connectivity index (χ0) is 13.1. The Kier molecular flexibility index (Phi) is 4.30. The maximum Gasteiger partial charge on any atom is 0.410 e. The van der Waals surface area contributed by atoms with Crippen LogP contribution in [0, 0.1) is 0 Å². The molecular formula is C11H20F2N2O2. The largest absolute Gasteiger partial charge is 0.444 e. The summed E-state index contributed by atoms with van der Waals surface area (Å²) in [5, 5.41) is 2.66. The average Bonchev–Trinajstić information content (AvgIpc) is 2.08. The van der Waals surface area contributed by atoms with E-state index >= 15 is 0 Å². The Hall–Kier alpha value is -0.910. The van der Waals surface area contributed by atoms with Gasteiger partial charge >= 0.3 is 6.09 Å². The number of amides is 1. The van der Waals surface area contributed by atoms with Crippen LogP contribution < -0.4 is 5.32 Å². The van der Waals surface area contributed by atoms with Gasteiger partial charge in [0.1, 0.15) is 5.60 Å². The van der Waals surface area contributed by atoms with Crippen molar-refractivity contribution in [2.75, 3.05) is 26.2 Å². The molecule has 0 bridgehead atoms. The Morgan fingerprint density at radius 1 is 1.41 bits per heavy atom. The molecule has 1 N–H and O–H groups in total. The molecule has 1 saturated heterocycles. The quantitative estimate of drug-likeness (QED) is 0.713. The van der Waals surface area contributed by atoms with Crippen molar-refractivity contribution < 1.29 is 18.3 Å². The number of alkyl halides is 2. The second-order valence-electron chi connectivity index (χ2n) is 5.29. The van der Waals surface area contributed by atoms with E-state index in [1.807, 2.05) is 0 Å².